The number of pyridine rings is 1. The number of rotatable bonds is 9. The second-order valence-corrected chi connectivity index (χ2v) is 8.08. The molecule has 0 unspecified atom stereocenters. The van der Waals surface area contributed by atoms with Gasteiger partial charge in [0.25, 0.3) is 0 Å². The van der Waals surface area contributed by atoms with E-state index in [9.17, 15) is 0 Å². The van der Waals surface area contributed by atoms with Crippen LogP contribution < -0.4 is 4.90 Å². The van der Waals surface area contributed by atoms with E-state index in [0.717, 1.165) is 35.1 Å². The minimum Gasteiger partial charge on any atom is -0.372 e. The van der Waals surface area contributed by atoms with E-state index in [2.05, 4.69) is 70.3 Å². The molecule has 4 rings (SSSR count). The molecule has 0 aliphatic carbocycles. The van der Waals surface area contributed by atoms with E-state index in [-0.39, 0.29) is 0 Å². The van der Waals surface area contributed by atoms with Crippen molar-refractivity contribution in [1.82, 2.24) is 19.9 Å². The third kappa shape index (κ3) is 5.23. The first-order valence-corrected chi connectivity index (χ1v) is 11.7. The summed E-state index contributed by atoms with van der Waals surface area (Å²) in [4.78, 5) is 6.54. The first kappa shape index (κ1) is 21.8. The highest BCUT2D eigenvalue weighted by molar-refractivity contribution is 7.98. The van der Waals surface area contributed by atoms with Crippen LogP contribution in [0.4, 0.5) is 5.69 Å². The van der Waals surface area contributed by atoms with Crippen molar-refractivity contribution in [2.45, 2.75) is 24.8 Å². The van der Waals surface area contributed by atoms with Gasteiger partial charge in [0.15, 0.2) is 5.82 Å². The fourth-order valence-corrected chi connectivity index (χ4v) is 4.18. The van der Waals surface area contributed by atoms with Gasteiger partial charge >= 0.3 is 0 Å². The highest BCUT2D eigenvalue weighted by Gasteiger charge is 2.14. The van der Waals surface area contributed by atoms with Crippen LogP contribution in [0.2, 0.25) is 0 Å². The third-order valence-corrected chi connectivity index (χ3v) is 6.08. The zero-order valence-electron chi connectivity index (χ0n) is 18.3. The smallest absolute Gasteiger partial charge is 0.212 e. The van der Waals surface area contributed by atoms with Crippen LogP contribution >= 0.6 is 11.8 Å². The van der Waals surface area contributed by atoms with Crippen LogP contribution in [0.5, 0.6) is 0 Å². The second kappa shape index (κ2) is 10.7. The van der Waals surface area contributed by atoms with Crippen LogP contribution in [0, 0.1) is 0 Å². The van der Waals surface area contributed by atoms with E-state index >= 15 is 0 Å². The zero-order chi connectivity index (χ0) is 22.2. The number of benzene rings is 2. The number of anilines is 1. The molecule has 7 heteroatoms. The van der Waals surface area contributed by atoms with Gasteiger partial charge in [-0.1, -0.05) is 54.2 Å². The van der Waals surface area contributed by atoms with Gasteiger partial charge in [-0.15, -0.1) is 10.2 Å². The summed E-state index contributed by atoms with van der Waals surface area (Å²) < 4.78 is 1.79. The fourth-order valence-electron chi connectivity index (χ4n) is 3.34. The van der Waals surface area contributed by atoms with Crippen molar-refractivity contribution < 1.29 is 0 Å². The van der Waals surface area contributed by atoms with Crippen molar-refractivity contribution >= 4 is 23.7 Å². The molecule has 4 aromatic rings. The number of hydrogen-bond donors (Lipinski definition) is 0. The molecule has 32 heavy (non-hydrogen) atoms. The number of aromatic nitrogens is 4. The highest BCUT2D eigenvalue weighted by Crippen LogP contribution is 2.26. The van der Waals surface area contributed by atoms with Gasteiger partial charge in [0.1, 0.15) is 0 Å². The predicted octanol–water partition coefficient (Wildman–Crippen LogP) is 5.36. The van der Waals surface area contributed by atoms with Crippen molar-refractivity contribution in [2.75, 3.05) is 18.0 Å². The first-order valence-electron chi connectivity index (χ1n) is 10.7. The van der Waals surface area contributed by atoms with Crippen LogP contribution in [0.15, 0.2) is 89.4 Å². The van der Waals surface area contributed by atoms with E-state index in [0.29, 0.717) is 5.82 Å². The molecule has 0 saturated carbocycles. The molecular weight excluding hydrogens is 416 g/mol. The van der Waals surface area contributed by atoms with Crippen molar-refractivity contribution in [2.24, 2.45) is 5.10 Å². The lowest BCUT2D eigenvalue weighted by molar-refractivity contribution is 0.772. The van der Waals surface area contributed by atoms with Crippen LogP contribution in [-0.2, 0) is 5.75 Å². The summed E-state index contributed by atoms with van der Waals surface area (Å²) in [5.74, 6) is 1.46. The van der Waals surface area contributed by atoms with E-state index in [1.165, 1.54) is 11.3 Å². The Morgan fingerprint density at radius 1 is 0.938 bits per heavy atom. The molecule has 0 radical (unpaired) electrons. The second-order valence-electron chi connectivity index (χ2n) is 7.14. The predicted molar refractivity (Wildman–Crippen MR) is 132 cm³/mol. The molecule has 2 aromatic heterocycles. The maximum atomic E-state index is 4.74. The molecule has 0 spiro atoms. The summed E-state index contributed by atoms with van der Waals surface area (Å²) in [6.07, 6.45) is 5.37. The van der Waals surface area contributed by atoms with Gasteiger partial charge in [0.2, 0.25) is 5.16 Å². The lowest BCUT2D eigenvalue weighted by Crippen LogP contribution is -2.21. The number of thioether (sulfide) groups is 1. The Bertz CT molecular complexity index is 1140. The first-order chi connectivity index (χ1) is 15.8. The third-order valence-electron chi connectivity index (χ3n) is 5.09. The van der Waals surface area contributed by atoms with E-state index < -0.39 is 0 Å². The standard InChI is InChI=1S/C25H26N6S/c1-3-30(4-2)23-14-12-20(13-15-23)17-27-31-24(22-11-8-16-26-18-22)28-29-25(31)32-19-21-9-6-5-7-10-21/h5-18H,3-4,19H2,1-2H3/b27-17+. The minimum atomic E-state index is 0.671. The average molecular weight is 443 g/mol. The van der Waals surface area contributed by atoms with E-state index in [1.807, 2.05) is 36.5 Å². The Kier molecular flexibility index (Phi) is 7.30. The van der Waals surface area contributed by atoms with Gasteiger partial charge in [0, 0.05) is 42.5 Å². The molecule has 2 aromatic carbocycles. The van der Waals surface area contributed by atoms with Crippen LogP contribution in [-0.4, -0.2) is 39.2 Å². The molecule has 162 valence electrons. The Morgan fingerprint density at radius 2 is 1.72 bits per heavy atom. The van der Waals surface area contributed by atoms with Gasteiger partial charge in [0.05, 0.1) is 6.21 Å². The lowest BCUT2D eigenvalue weighted by atomic mass is 10.2. The maximum Gasteiger partial charge on any atom is 0.212 e. The molecule has 0 atom stereocenters. The van der Waals surface area contributed by atoms with Gasteiger partial charge in [-0.05, 0) is 49.2 Å². The van der Waals surface area contributed by atoms with Crippen LogP contribution in [0.3, 0.4) is 0 Å². The Hall–Kier alpha value is -3.45. The van der Waals surface area contributed by atoms with Gasteiger partial charge < -0.3 is 4.90 Å². The molecule has 0 amide bonds. The average Bonchev–Trinajstić information content (AvgIpc) is 3.27. The molecule has 2 heterocycles. The summed E-state index contributed by atoms with van der Waals surface area (Å²) in [7, 11) is 0. The quantitative estimate of drug-likeness (QED) is 0.258. The number of nitrogens with zero attached hydrogens (tertiary/aromatic N) is 6. The van der Waals surface area contributed by atoms with Gasteiger partial charge in [-0.2, -0.15) is 9.78 Å². The minimum absolute atomic E-state index is 0.671. The molecule has 0 aliphatic rings. The Labute approximate surface area is 193 Å². The summed E-state index contributed by atoms with van der Waals surface area (Å²) in [5.41, 5.74) is 4.34. The van der Waals surface area contributed by atoms with E-state index in [1.54, 1.807) is 28.8 Å². The Balaban J connectivity index is 1.61. The fraction of sp³-hybridized carbons (Fsp3) is 0.200. The number of hydrogen-bond acceptors (Lipinski definition) is 6. The monoisotopic (exact) mass is 442 g/mol. The largest absolute Gasteiger partial charge is 0.372 e. The molecule has 0 bridgehead atoms. The summed E-state index contributed by atoms with van der Waals surface area (Å²) >= 11 is 1.61. The molecule has 0 N–H and O–H groups in total. The normalized spacial score (nSPS) is 11.2. The zero-order valence-corrected chi connectivity index (χ0v) is 19.1. The highest BCUT2D eigenvalue weighted by atomic mass is 32.2. The van der Waals surface area contributed by atoms with E-state index in [4.69, 9.17) is 5.10 Å². The van der Waals surface area contributed by atoms with Crippen LogP contribution in [0.1, 0.15) is 25.0 Å². The topological polar surface area (TPSA) is 59.2 Å². The lowest BCUT2D eigenvalue weighted by Gasteiger charge is -2.20. The molecule has 0 fully saturated rings. The summed E-state index contributed by atoms with van der Waals surface area (Å²) in [6.45, 7) is 6.31. The van der Waals surface area contributed by atoms with Crippen molar-refractivity contribution in [3.8, 4) is 11.4 Å². The molecule has 6 nitrogen and oxygen atoms in total. The SMILES string of the molecule is CCN(CC)c1ccc(/C=N/n2c(SCc3ccccc3)nnc2-c2cccnc2)cc1. The molecule has 0 saturated heterocycles. The molecule has 0 aliphatic heterocycles. The van der Waals surface area contributed by atoms with Crippen molar-refractivity contribution in [3.05, 3.63) is 90.3 Å². The molecular formula is C25H26N6S. The Morgan fingerprint density at radius 3 is 2.41 bits per heavy atom. The van der Waals surface area contributed by atoms with Gasteiger partial charge in [-0.25, -0.2) is 0 Å². The van der Waals surface area contributed by atoms with Gasteiger partial charge in [-0.3, -0.25) is 4.98 Å². The van der Waals surface area contributed by atoms with Crippen molar-refractivity contribution in [1.29, 1.82) is 0 Å². The summed E-state index contributed by atoms with van der Waals surface area (Å²) in [6, 6.07) is 22.6. The summed E-state index contributed by atoms with van der Waals surface area (Å²) in [5, 5.41) is 14.3. The van der Waals surface area contributed by atoms with Crippen molar-refractivity contribution in [3.63, 3.8) is 0 Å². The maximum absolute atomic E-state index is 4.74. The van der Waals surface area contributed by atoms with Crippen LogP contribution in [0.25, 0.3) is 11.4 Å².